The van der Waals surface area contributed by atoms with Gasteiger partial charge in [-0.2, -0.15) is 0 Å². The molecule has 5 rings (SSSR count). The Kier molecular flexibility index (Phi) is 7.09. The molecule has 6 nitrogen and oxygen atoms in total. The molecule has 0 spiro atoms. The summed E-state index contributed by atoms with van der Waals surface area (Å²) in [4.78, 5) is 22.6. The Morgan fingerprint density at radius 2 is 1.66 bits per heavy atom. The Labute approximate surface area is 208 Å². The van der Waals surface area contributed by atoms with Crippen LogP contribution >= 0.6 is 0 Å². The van der Waals surface area contributed by atoms with E-state index in [9.17, 15) is 4.79 Å². The molecular weight excluding hydrogens is 438 g/mol. The zero-order valence-electron chi connectivity index (χ0n) is 21.3. The second-order valence-electron chi connectivity index (χ2n) is 9.88. The van der Waals surface area contributed by atoms with Crippen LogP contribution in [0, 0.1) is 0 Å². The fraction of sp³-hybridized carbons (Fsp3) is 0.517. The van der Waals surface area contributed by atoms with Gasteiger partial charge in [-0.3, -0.25) is 9.79 Å². The summed E-state index contributed by atoms with van der Waals surface area (Å²) in [6, 6.07) is 12.6. The van der Waals surface area contributed by atoms with E-state index < -0.39 is 0 Å². The highest BCUT2D eigenvalue weighted by molar-refractivity contribution is 6.15. The summed E-state index contributed by atoms with van der Waals surface area (Å²) in [5.74, 6) is 2.05. The van der Waals surface area contributed by atoms with Crippen LogP contribution < -0.4 is 9.47 Å². The van der Waals surface area contributed by atoms with Gasteiger partial charge < -0.3 is 19.3 Å². The minimum Gasteiger partial charge on any atom is -0.490 e. The maximum absolute atomic E-state index is 13.0. The number of ether oxygens (including phenoxy) is 2. The normalized spacial score (nSPS) is 22.1. The third kappa shape index (κ3) is 4.81. The lowest BCUT2D eigenvalue weighted by atomic mass is 9.79. The van der Waals surface area contributed by atoms with E-state index in [1.807, 2.05) is 30.9 Å². The summed E-state index contributed by atoms with van der Waals surface area (Å²) in [7, 11) is 2.19. The molecule has 2 fully saturated rings. The van der Waals surface area contributed by atoms with Crippen molar-refractivity contribution in [1.29, 1.82) is 0 Å². The zero-order chi connectivity index (χ0) is 24.4. The van der Waals surface area contributed by atoms with Crippen molar-refractivity contribution in [3.8, 4) is 11.5 Å². The summed E-state index contributed by atoms with van der Waals surface area (Å²) >= 11 is 0. The fourth-order valence-electron chi connectivity index (χ4n) is 5.70. The number of carbonyl (C=O) groups is 1. The minimum atomic E-state index is 0.137. The third-order valence-corrected chi connectivity index (χ3v) is 7.49. The molecular formula is C29H37N3O3. The quantitative estimate of drug-likeness (QED) is 0.605. The molecule has 0 aromatic heterocycles. The molecule has 2 saturated heterocycles. The molecule has 2 aromatic rings. The van der Waals surface area contributed by atoms with E-state index in [0.29, 0.717) is 19.1 Å². The number of carbonyl (C=O) groups excluding carboxylic acids is 1. The van der Waals surface area contributed by atoms with Crippen LogP contribution in [0.15, 0.2) is 41.4 Å². The van der Waals surface area contributed by atoms with Gasteiger partial charge in [0.05, 0.1) is 25.0 Å². The van der Waals surface area contributed by atoms with Gasteiger partial charge in [0, 0.05) is 42.2 Å². The third-order valence-electron chi connectivity index (χ3n) is 7.49. The molecule has 3 aliphatic rings. The standard InChI is InChI=1S/C29H37N3O3/c1-4-34-26-17-22-23(18-27(26)35-5-2)28(30-25-13-16-31(3)19-24(22)25)20-9-11-21(12-10-20)29(33)32-14-7-6-8-15-32/h9-12,17-18,24-25H,4-8,13-16,19H2,1-3H3. The number of piperidine rings is 2. The van der Waals surface area contributed by atoms with E-state index in [-0.39, 0.29) is 11.9 Å². The largest absolute Gasteiger partial charge is 0.490 e. The Hall–Kier alpha value is -2.86. The van der Waals surface area contributed by atoms with E-state index in [0.717, 1.165) is 79.3 Å². The van der Waals surface area contributed by atoms with E-state index in [1.165, 1.54) is 12.0 Å². The van der Waals surface area contributed by atoms with Gasteiger partial charge in [-0.15, -0.1) is 0 Å². The van der Waals surface area contributed by atoms with E-state index in [1.54, 1.807) is 0 Å². The topological polar surface area (TPSA) is 54.4 Å². The van der Waals surface area contributed by atoms with Crippen molar-refractivity contribution in [2.24, 2.45) is 4.99 Å². The van der Waals surface area contributed by atoms with Crippen LogP contribution in [0.2, 0.25) is 0 Å². The summed E-state index contributed by atoms with van der Waals surface area (Å²) in [6.45, 7) is 8.93. The van der Waals surface area contributed by atoms with Crippen LogP contribution in [0.25, 0.3) is 0 Å². The Bertz CT molecular complexity index is 1090. The Morgan fingerprint density at radius 1 is 0.971 bits per heavy atom. The summed E-state index contributed by atoms with van der Waals surface area (Å²) in [5, 5.41) is 0. The first-order valence-electron chi connectivity index (χ1n) is 13.2. The number of rotatable bonds is 6. The van der Waals surface area contributed by atoms with Crippen LogP contribution in [-0.4, -0.2) is 73.9 Å². The second-order valence-corrected chi connectivity index (χ2v) is 9.88. The summed E-state index contributed by atoms with van der Waals surface area (Å²) < 4.78 is 12.0. The van der Waals surface area contributed by atoms with Gasteiger partial charge in [0.1, 0.15) is 0 Å². The number of aliphatic imine (C=N–C) groups is 1. The van der Waals surface area contributed by atoms with Crippen LogP contribution in [0.4, 0.5) is 0 Å². The molecule has 2 unspecified atom stereocenters. The van der Waals surface area contributed by atoms with Crippen molar-refractivity contribution in [2.75, 3.05) is 46.4 Å². The van der Waals surface area contributed by atoms with Crippen molar-refractivity contribution < 1.29 is 14.3 Å². The number of fused-ring (bicyclic) bond motifs is 3. The maximum Gasteiger partial charge on any atom is 0.253 e. The van der Waals surface area contributed by atoms with Gasteiger partial charge >= 0.3 is 0 Å². The monoisotopic (exact) mass is 475 g/mol. The minimum absolute atomic E-state index is 0.137. The van der Waals surface area contributed by atoms with Crippen LogP contribution in [-0.2, 0) is 0 Å². The number of likely N-dealkylation sites (N-methyl/N-ethyl adjacent to an activating group) is 1. The van der Waals surface area contributed by atoms with Gasteiger partial charge in [-0.1, -0.05) is 12.1 Å². The lowest BCUT2D eigenvalue weighted by Gasteiger charge is -2.39. The van der Waals surface area contributed by atoms with Crippen LogP contribution in [0.1, 0.15) is 72.5 Å². The van der Waals surface area contributed by atoms with Gasteiger partial charge in [-0.05, 0) is 83.0 Å². The second kappa shape index (κ2) is 10.4. The SMILES string of the molecule is CCOc1cc2c(cc1OCC)C1CN(C)CCC1N=C2c1ccc(C(=O)N2CCCCC2)cc1. The highest BCUT2D eigenvalue weighted by Crippen LogP contribution is 2.42. The number of nitrogens with zero attached hydrogens (tertiary/aromatic N) is 3. The molecule has 35 heavy (non-hydrogen) atoms. The highest BCUT2D eigenvalue weighted by atomic mass is 16.5. The van der Waals surface area contributed by atoms with Crippen molar-refractivity contribution in [3.05, 3.63) is 58.7 Å². The molecule has 3 aliphatic heterocycles. The predicted octanol–water partition coefficient (Wildman–Crippen LogP) is 4.75. The number of amides is 1. The molecule has 0 N–H and O–H groups in total. The molecule has 3 heterocycles. The Morgan fingerprint density at radius 3 is 2.34 bits per heavy atom. The number of likely N-dealkylation sites (tertiary alicyclic amines) is 2. The lowest BCUT2D eigenvalue weighted by molar-refractivity contribution is 0.0724. The van der Waals surface area contributed by atoms with E-state index in [2.05, 4.69) is 36.2 Å². The molecule has 2 atom stereocenters. The van der Waals surface area contributed by atoms with Gasteiger partial charge in [0.25, 0.3) is 5.91 Å². The molecule has 6 heteroatoms. The Balaban J connectivity index is 1.52. The van der Waals surface area contributed by atoms with Crippen LogP contribution in [0.3, 0.4) is 0 Å². The van der Waals surface area contributed by atoms with Crippen molar-refractivity contribution >= 4 is 11.6 Å². The maximum atomic E-state index is 13.0. The average molecular weight is 476 g/mol. The first-order chi connectivity index (χ1) is 17.1. The predicted molar refractivity (Wildman–Crippen MR) is 139 cm³/mol. The zero-order valence-corrected chi connectivity index (χ0v) is 21.3. The van der Waals surface area contributed by atoms with Crippen molar-refractivity contribution in [3.63, 3.8) is 0 Å². The first kappa shape index (κ1) is 23.9. The van der Waals surface area contributed by atoms with E-state index in [4.69, 9.17) is 14.5 Å². The molecule has 1 amide bonds. The number of hydrogen-bond donors (Lipinski definition) is 0. The van der Waals surface area contributed by atoms with E-state index >= 15 is 0 Å². The van der Waals surface area contributed by atoms with Gasteiger partial charge in [0.15, 0.2) is 11.5 Å². The molecule has 2 aromatic carbocycles. The smallest absolute Gasteiger partial charge is 0.253 e. The lowest BCUT2D eigenvalue weighted by Crippen LogP contribution is -2.41. The van der Waals surface area contributed by atoms with Gasteiger partial charge in [0.2, 0.25) is 0 Å². The molecule has 0 saturated carbocycles. The molecule has 186 valence electrons. The molecule has 0 bridgehead atoms. The fourth-order valence-corrected chi connectivity index (χ4v) is 5.70. The summed E-state index contributed by atoms with van der Waals surface area (Å²) in [6.07, 6.45) is 4.45. The van der Waals surface area contributed by atoms with Crippen LogP contribution in [0.5, 0.6) is 11.5 Å². The van der Waals surface area contributed by atoms with Gasteiger partial charge in [-0.25, -0.2) is 0 Å². The molecule has 0 radical (unpaired) electrons. The number of hydrogen-bond acceptors (Lipinski definition) is 5. The first-order valence-corrected chi connectivity index (χ1v) is 13.2. The van der Waals surface area contributed by atoms with Crippen molar-refractivity contribution in [1.82, 2.24) is 9.80 Å². The van der Waals surface area contributed by atoms with Crippen molar-refractivity contribution in [2.45, 2.75) is 51.5 Å². The average Bonchev–Trinajstić information content (AvgIpc) is 2.89. The highest BCUT2D eigenvalue weighted by Gasteiger charge is 2.36. The molecule has 0 aliphatic carbocycles. The summed E-state index contributed by atoms with van der Waals surface area (Å²) in [5.41, 5.74) is 5.19. The number of benzene rings is 2.